The van der Waals surface area contributed by atoms with Crippen molar-refractivity contribution in [1.82, 2.24) is 10.6 Å². The van der Waals surface area contributed by atoms with Crippen LogP contribution in [0.25, 0.3) is 0 Å². The highest BCUT2D eigenvalue weighted by Gasteiger charge is 2.24. The van der Waals surface area contributed by atoms with Crippen LogP contribution >= 0.6 is 15.9 Å². The molecule has 0 radical (unpaired) electrons. The van der Waals surface area contributed by atoms with Gasteiger partial charge in [-0.15, -0.1) is 0 Å². The molecule has 0 unspecified atom stereocenters. The summed E-state index contributed by atoms with van der Waals surface area (Å²) in [4.78, 5) is 11.7. The minimum atomic E-state index is -0.431. The molecule has 0 atom stereocenters. The van der Waals surface area contributed by atoms with Crippen LogP contribution in [0.1, 0.15) is 46.5 Å². The summed E-state index contributed by atoms with van der Waals surface area (Å²) in [7, 11) is 0. The number of hydrogen-bond donors (Lipinski definition) is 2. The first-order chi connectivity index (χ1) is 8.76. The Morgan fingerprint density at radius 1 is 1.26 bits per heavy atom. The summed E-state index contributed by atoms with van der Waals surface area (Å²) >= 11 is 3.34. The van der Waals surface area contributed by atoms with Crippen molar-refractivity contribution in [2.24, 2.45) is 0 Å². The topological polar surface area (TPSA) is 50.4 Å². The molecule has 19 heavy (non-hydrogen) atoms. The number of carbonyl (C=O) groups is 1. The van der Waals surface area contributed by atoms with E-state index in [1.807, 2.05) is 20.8 Å². The highest BCUT2D eigenvalue weighted by atomic mass is 79.9. The minimum Gasteiger partial charge on any atom is -0.444 e. The van der Waals surface area contributed by atoms with Crippen LogP contribution in [-0.2, 0) is 4.74 Å². The molecule has 0 saturated heterocycles. The predicted octanol–water partition coefficient (Wildman–Crippen LogP) is 3.32. The van der Waals surface area contributed by atoms with E-state index in [9.17, 15) is 4.79 Å². The van der Waals surface area contributed by atoms with Crippen molar-refractivity contribution in [2.45, 2.75) is 64.1 Å². The van der Waals surface area contributed by atoms with Crippen LogP contribution in [0.2, 0.25) is 0 Å². The first-order valence-electron chi connectivity index (χ1n) is 6.82. The van der Waals surface area contributed by atoms with Crippen LogP contribution < -0.4 is 10.6 Å². The van der Waals surface area contributed by atoms with E-state index in [0.717, 1.165) is 36.7 Å². The summed E-state index contributed by atoms with van der Waals surface area (Å²) in [6, 6.07) is 0.756. The second kappa shape index (κ2) is 7.29. The Bertz CT molecular complexity index is 318. The van der Waals surface area contributed by atoms with Crippen LogP contribution in [-0.4, -0.2) is 30.3 Å². The van der Waals surface area contributed by atoms with Crippen LogP contribution in [0.3, 0.4) is 0 Å². The number of ether oxygens (including phenoxy) is 1. The molecule has 4 nitrogen and oxygen atoms in total. The number of nitrogens with one attached hydrogen (secondary N) is 2. The zero-order chi connectivity index (χ0) is 14.5. The van der Waals surface area contributed by atoms with Gasteiger partial charge in [-0.2, -0.15) is 0 Å². The van der Waals surface area contributed by atoms with Gasteiger partial charge in [0.25, 0.3) is 0 Å². The lowest BCUT2D eigenvalue weighted by atomic mass is 9.91. The Morgan fingerprint density at radius 2 is 1.79 bits per heavy atom. The summed E-state index contributed by atoms with van der Waals surface area (Å²) in [6.07, 6.45) is 3.82. The van der Waals surface area contributed by atoms with Gasteiger partial charge in [-0.1, -0.05) is 22.5 Å². The van der Waals surface area contributed by atoms with Crippen LogP contribution in [0.4, 0.5) is 4.79 Å². The molecule has 5 heteroatoms. The molecular formula is C14H25BrN2O2. The lowest BCUT2D eigenvalue weighted by Gasteiger charge is -2.30. The maximum atomic E-state index is 11.7. The molecule has 0 bridgehead atoms. The van der Waals surface area contributed by atoms with E-state index >= 15 is 0 Å². The van der Waals surface area contributed by atoms with Gasteiger partial charge in [-0.3, -0.25) is 0 Å². The molecule has 1 aliphatic rings. The first-order valence-corrected chi connectivity index (χ1v) is 7.62. The zero-order valence-corrected chi connectivity index (χ0v) is 13.7. The molecule has 0 heterocycles. The van der Waals surface area contributed by atoms with E-state index in [2.05, 4.69) is 33.1 Å². The van der Waals surface area contributed by atoms with Crippen LogP contribution in [0.15, 0.2) is 11.1 Å². The molecule has 0 aromatic rings. The molecule has 1 fully saturated rings. The lowest BCUT2D eigenvalue weighted by molar-refractivity contribution is 0.0490. The normalized spacial score (nSPS) is 23.8. The summed E-state index contributed by atoms with van der Waals surface area (Å²) in [5.41, 5.74) is -0.431. The van der Waals surface area contributed by atoms with Gasteiger partial charge in [-0.05, 0) is 46.5 Å². The van der Waals surface area contributed by atoms with Crippen molar-refractivity contribution < 1.29 is 9.53 Å². The Morgan fingerprint density at radius 3 is 2.26 bits per heavy atom. The largest absolute Gasteiger partial charge is 0.444 e. The molecule has 0 aromatic heterocycles. The summed E-state index contributed by atoms with van der Waals surface area (Å²) < 4.78 is 6.24. The number of rotatable bonds is 4. The third-order valence-electron chi connectivity index (χ3n) is 3.03. The van der Waals surface area contributed by atoms with Gasteiger partial charge >= 0.3 is 6.09 Å². The molecule has 0 aromatic carbocycles. The summed E-state index contributed by atoms with van der Waals surface area (Å²) in [6.45, 7) is 10.2. The second-order valence-electron chi connectivity index (χ2n) is 6.09. The van der Waals surface area contributed by atoms with Crippen molar-refractivity contribution in [3.63, 3.8) is 0 Å². The maximum Gasteiger partial charge on any atom is 0.407 e. The fourth-order valence-corrected chi connectivity index (χ4v) is 2.33. The number of carbonyl (C=O) groups excluding carboxylic acids is 1. The Hall–Kier alpha value is -0.550. The van der Waals surface area contributed by atoms with Gasteiger partial charge in [0.2, 0.25) is 0 Å². The Kier molecular flexibility index (Phi) is 6.33. The number of hydrogen-bond acceptors (Lipinski definition) is 3. The molecule has 1 rings (SSSR count). The fraction of sp³-hybridized carbons (Fsp3) is 0.786. The zero-order valence-electron chi connectivity index (χ0n) is 12.1. The van der Waals surface area contributed by atoms with Gasteiger partial charge in [-0.25, -0.2) is 4.79 Å². The van der Waals surface area contributed by atoms with Crippen molar-refractivity contribution in [3.8, 4) is 0 Å². The van der Waals surface area contributed by atoms with Crippen molar-refractivity contribution in [1.29, 1.82) is 0 Å². The molecule has 1 aliphatic carbocycles. The van der Waals surface area contributed by atoms with E-state index in [-0.39, 0.29) is 12.1 Å². The maximum absolute atomic E-state index is 11.7. The smallest absolute Gasteiger partial charge is 0.407 e. The standard InChI is InChI=1S/C14H25BrN2O2/c1-10(15)9-16-11-5-7-12(8-6-11)17-13(18)19-14(2,3)4/h11-12,16H,1,5-9H2,2-4H3,(H,17,18). The van der Waals surface area contributed by atoms with E-state index in [1.165, 1.54) is 0 Å². The van der Waals surface area contributed by atoms with Crippen molar-refractivity contribution >= 4 is 22.0 Å². The Labute approximate surface area is 124 Å². The molecule has 1 amide bonds. The average Bonchev–Trinajstić information content (AvgIpc) is 2.25. The summed E-state index contributed by atoms with van der Waals surface area (Å²) in [5, 5.41) is 6.39. The molecule has 0 spiro atoms. The number of alkyl carbamates (subject to hydrolysis) is 1. The van der Waals surface area contributed by atoms with Crippen LogP contribution in [0.5, 0.6) is 0 Å². The SMILES string of the molecule is C=C(Br)CNC1CCC(NC(=O)OC(C)(C)C)CC1. The van der Waals surface area contributed by atoms with E-state index in [4.69, 9.17) is 4.74 Å². The summed E-state index contributed by atoms with van der Waals surface area (Å²) in [5.74, 6) is 0. The third kappa shape index (κ3) is 7.57. The number of amides is 1. The van der Waals surface area contributed by atoms with Gasteiger partial charge in [0.1, 0.15) is 5.60 Å². The van der Waals surface area contributed by atoms with Crippen molar-refractivity contribution in [3.05, 3.63) is 11.1 Å². The van der Waals surface area contributed by atoms with E-state index in [1.54, 1.807) is 0 Å². The Balaban J connectivity index is 2.23. The quantitative estimate of drug-likeness (QED) is 0.830. The second-order valence-corrected chi connectivity index (χ2v) is 7.21. The van der Waals surface area contributed by atoms with Crippen LogP contribution in [0, 0.1) is 0 Å². The molecule has 2 N–H and O–H groups in total. The molecule has 1 saturated carbocycles. The van der Waals surface area contributed by atoms with E-state index in [0.29, 0.717) is 6.04 Å². The third-order valence-corrected chi connectivity index (χ3v) is 3.31. The van der Waals surface area contributed by atoms with Gasteiger partial charge in [0.15, 0.2) is 0 Å². The van der Waals surface area contributed by atoms with Gasteiger partial charge in [0, 0.05) is 23.1 Å². The fourth-order valence-electron chi connectivity index (χ4n) is 2.17. The first kappa shape index (κ1) is 16.5. The monoisotopic (exact) mass is 332 g/mol. The molecular weight excluding hydrogens is 308 g/mol. The van der Waals surface area contributed by atoms with E-state index < -0.39 is 5.60 Å². The van der Waals surface area contributed by atoms with Gasteiger partial charge in [0.05, 0.1) is 0 Å². The lowest BCUT2D eigenvalue weighted by Crippen LogP contribution is -2.44. The highest BCUT2D eigenvalue weighted by molar-refractivity contribution is 9.11. The van der Waals surface area contributed by atoms with Gasteiger partial charge < -0.3 is 15.4 Å². The van der Waals surface area contributed by atoms with Crippen molar-refractivity contribution in [2.75, 3.05) is 6.54 Å². The predicted molar refractivity (Wildman–Crippen MR) is 81.5 cm³/mol. The average molecular weight is 333 g/mol. The minimum absolute atomic E-state index is 0.236. The molecule has 110 valence electrons. The number of halogens is 1. The highest BCUT2D eigenvalue weighted by Crippen LogP contribution is 2.19. The molecule has 0 aliphatic heterocycles.